The van der Waals surface area contributed by atoms with Crippen molar-refractivity contribution in [2.75, 3.05) is 20.1 Å². The number of nitrogens with zero attached hydrogens (tertiary/aromatic N) is 2. The molecule has 0 saturated carbocycles. The molecule has 0 spiro atoms. The van der Waals surface area contributed by atoms with Crippen LogP contribution in [0.3, 0.4) is 0 Å². The average Bonchev–Trinajstić information content (AvgIpc) is 2.70. The summed E-state index contributed by atoms with van der Waals surface area (Å²) >= 11 is 0. The normalized spacial score (nSPS) is 17.7. The third-order valence-electron chi connectivity index (χ3n) is 6.27. The number of carbonyl (C=O) groups excluding carboxylic acids is 1. The predicted octanol–water partition coefficient (Wildman–Crippen LogP) is 3.66. The van der Waals surface area contributed by atoms with Crippen LogP contribution in [-0.2, 0) is 10.4 Å². The molecule has 1 aromatic heterocycles. The van der Waals surface area contributed by atoms with E-state index < -0.39 is 11.1 Å². The molecule has 1 amide bonds. The number of rotatable bonds is 5. The van der Waals surface area contributed by atoms with Crippen molar-refractivity contribution in [1.82, 2.24) is 15.2 Å². The van der Waals surface area contributed by atoms with Crippen LogP contribution < -0.4 is 5.32 Å². The Morgan fingerprint density at radius 3 is 2.34 bits per heavy atom. The number of nitrogens with one attached hydrogen (secondary N) is 1. The molecule has 1 atom stereocenters. The highest BCUT2D eigenvalue weighted by molar-refractivity contribution is 5.74. The zero-order valence-electron chi connectivity index (χ0n) is 20.3. The monoisotopic (exact) mass is 433 g/mol. The second kappa shape index (κ2) is 8.69. The molecule has 1 aliphatic rings. The SMILES string of the molecule is CC(=O)NC(C)(C)C#Cc1cncc(C(O)(c2ccc(C(C)C)cc2)C2(C)CN(C)C2)c1. The molecule has 5 nitrogen and oxygen atoms in total. The van der Waals surface area contributed by atoms with Crippen LogP contribution >= 0.6 is 0 Å². The molecule has 5 heteroatoms. The van der Waals surface area contributed by atoms with E-state index in [1.54, 1.807) is 12.4 Å². The summed E-state index contributed by atoms with van der Waals surface area (Å²) in [4.78, 5) is 18.0. The number of amides is 1. The maximum absolute atomic E-state index is 12.3. The van der Waals surface area contributed by atoms with Gasteiger partial charge in [0.25, 0.3) is 0 Å². The van der Waals surface area contributed by atoms with Gasteiger partial charge in [0.1, 0.15) is 5.60 Å². The van der Waals surface area contributed by atoms with Crippen molar-refractivity contribution in [1.29, 1.82) is 0 Å². The quantitative estimate of drug-likeness (QED) is 0.707. The molecule has 32 heavy (non-hydrogen) atoms. The fourth-order valence-corrected chi connectivity index (χ4v) is 4.75. The topological polar surface area (TPSA) is 65.5 Å². The summed E-state index contributed by atoms with van der Waals surface area (Å²) in [5.74, 6) is 6.53. The number of hydrogen-bond donors (Lipinski definition) is 2. The largest absolute Gasteiger partial charge is 0.380 e. The Morgan fingerprint density at radius 1 is 1.19 bits per heavy atom. The highest BCUT2D eigenvalue weighted by atomic mass is 16.3. The summed E-state index contributed by atoms with van der Waals surface area (Å²) in [7, 11) is 2.06. The van der Waals surface area contributed by atoms with Crippen molar-refractivity contribution in [3.05, 3.63) is 65.0 Å². The second-order valence-electron chi connectivity index (χ2n) is 10.2. The molecule has 0 radical (unpaired) electrons. The number of pyridine rings is 1. The summed E-state index contributed by atoms with van der Waals surface area (Å²) in [6.45, 7) is 13.2. The number of benzene rings is 1. The van der Waals surface area contributed by atoms with Crippen molar-refractivity contribution in [2.45, 2.75) is 58.6 Å². The van der Waals surface area contributed by atoms with Crippen LogP contribution in [0, 0.1) is 17.3 Å². The van der Waals surface area contributed by atoms with Gasteiger partial charge in [-0.1, -0.05) is 56.9 Å². The van der Waals surface area contributed by atoms with Gasteiger partial charge in [-0.2, -0.15) is 0 Å². The standard InChI is InChI=1S/C27H35N3O2/c1-19(2)22-8-10-23(11-9-22)27(32,26(6)17-30(7)18-26)24-14-21(15-28-16-24)12-13-25(4,5)29-20(3)31/h8-11,14-16,19,32H,17-18H2,1-7H3,(H,29,31). The predicted molar refractivity (Wildman–Crippen MR) is 128 cm³/mol. The first-order valence-corrected chi connectivity index (χ1v) is 11.2. The van der Waals surface area contributed by atoms with Gasteiger partial charge in [-0.25, -0.2) is 0 Å². The minimum atomic E-state index is -1.20. The Bertz CT molecular complexity index is 1040. The van der Waals surface area contributed by atoms with Crippen LogP contribution in [0.5, 0.6) is 0 Å². The first-order valence-electron chi connectivity index (χ1n) is 11.2. The van der Waals surface area contributed by atoms with Crippen LogP contribution in [0.2, 0.25) is 0 Å². The summed E-state index contributed by atoms with van der Waals surface area (Å²) in [5, 5.41) is 15.1. The van der Waals surface area contributed by atoms with Gasteiger partial charge in [-0.05, 0) is 44.0 Å². The van der Waals surface area contributed by atoms with Crippen LogP contribution in [0.4, 0.5) is 0 Å². The lowest BCUT2D eigenvalue weighted by Crippen LogP contribution is -2.63. The molecule has 1 aromatic carbocycles. The molecule has 2 aromatic rings. The lowest BCUT2D eigenvalue weighted by molar-refractivity contribution is -0.127. The lowest BCUT2D eigenvalue weighted by atomic mass is 9.62. The second-order valence-corrected chi connectivity index (χ2v) is 10.2. The highest BCUT2D eigenvalue weighted by Gasteiger charge is 2.55. The lowest BCUT2D eigenvalue weighted by Gasteiger charge is -2.55. The molecule has 3 rings (SSSR count). The summed E-state index contributed by atoms with van der Waals surface area (Å²) < 4.78 is 0. The Labute approximate surface area is 192 Å². The van der Waals surface area contributed by atoms with Crippen LogP contribution in [0.25, 0.3) is 0 Å². The molecule has 2 N–H and O–H groups in total. The Morgan fingerprint density at radius 2 is 1.81 bits per heavy atom. The Kier molecular flexibility index (Phi) is 6.51. The van der Waals surface area contributed by atoms with Crippen LogP contribution in [0.1, 0.15) is 69.7 Å². The van der Waals surface area contributed by atoms with E-state index in [1.165, 1.54) is 12.5 Å². The molecule has 170 valence electrons. The van der Waals surface area contributed by atoms with Crippen molar-refractivity contribution in [3.63, 3.8) is 0 Å². The molecule has 0 aliphatic carbocycles. The fourth-order valence-electron chi connectivity index (χ4n) is 4.75. The van der Waals surface area contributed by atoms with Gasteiger partial charge in [0.2, 0.25) is 5.91 Å². The van der Waals surface area contributed by atoms with E-state index >= 15 is 0 Å². The summed E-state index contributed by atoms with van der Waals surface area (Å²) in [6, 6.07) is 10.2. The van der Waals surface area contributed by atoms with Crippen LogP contribution in [0.15, 0.2) is 42.7 Å². The van der Waals surface area contributed by atoms with E-state index in [0.29, 0.717) is 11.5 Å². The molecular weight excluding hydrogens is 398 g/mol. The van der Waals surface area contributed by atoms with E-state index in [0.717, 1.165) is 24.2 Å². The van der Waals surface area contributed by atoms with Gasteiger partial charge in [0.05, 0.1) is 5.54 Å². The van der Waals surface area contributed by atoms with Crippen molar-refractivity contribution in [3.8, 4) is 11.8 Å². The first-order chi connectivity index (χ1) is 14.9. The zero-order valence-corrected chi connectivity index (χ0v) is 20.3. The zero-order chi connectivity index (χ0) is 23.7. The van der Waals surface area contributed by atoms with E-state index in [9.17, 15) is 9.90 Å². The number of hydrogen-bond acceptors (Lipinski definition) is 4. The van der Waals surface area contributed by atoms with Crippen molar-refractivity contribution < 1.29 is 9.90 Å². The van der Waals surface area contributed by atoms with E-state index in [2.05, 4.69) is 67.0 Å². The summed E-state index contributed by atoms with van der Waals surface area (Å²) in [6.07, 6.45) is 3.43. The molecule has 1 saturated heterocycles. The summed E-state index contributed by atoms with van der Waals surface area (Å²) in [5.41, 5.74) is 1.32. The van der Waals surface area contributed by atoms with Gasteiger partial charge < -0.3 is 15.3 Å². The number of aromatic nitrogens is 1. The molecule has 1 aliphatic heterocycles. The van der Waals surface area contributed by atoms with E-state index in [1.807, 2.05) is 32.0 Å². The van der Waals surface area contributed by atoms with Crippen molar-refractivity contribution in [2.24, 2.45) is 5.41 Å². The minimum Gasteiger partial charge on any atom is -0.380 e. The third kappa shape index (κ3) is 4.72. The molecule has 1 fully saturated rings. The maximum atomic E-state index is 12.3. The number of likely N-dealkylation sites (tertiary alicyclic amines) is 1. The molecule has 2 heterocycles. The molecular formula is C27H35N3O2. The third-order valence-corrected chi connectivity index (χ3v) is 6.27. The number of carbonyl (C=O) groups is 1. The van der Waals surface area contributed by atoms with Gasteiger partial charge in [-0.3, -0.25) is 9.78 Å². The van der Waals surface area contributed by atoms with Gasteiger partial charge in [0.15, 0.2) is 0 Å². The maximum Gasteiger partial charge on any atom is 0.218 e. The van der Waals surface area contributed by atoms with Gasteiger partial charge in [0, 0.05) is 48.9 Å². The van der Waals surface area contributed by atoms with E-state index in [4.69, 9.17) is 0 Å². The van der Waals surface area contributed by atoms with Crippen molar-refractivity contribution >= 4 is 5.91 Å². The molecule has 1 unspecified atom stereocenters. The minimum absolute atomic E-state index is 0.127. The van der Waals surface area contributed by atoms with E-state index in [-0.39, 0.29) is 11.3 Å². The van der Waals surface area contributed by atoms with Crippen LogP contribution in [-0.4, -0.2) is 46.6 Å². The Balaban J connectivity index is 2.06. The van der Waals surface area contributed by atoms with Gasteiger partial charge >= 0.3 is 0 Å². The highest BCUT2D eigenvalue weighted by Crippen LogP contribution is 2.50. The molecule has 0 bridgehead atoms. The fraction of sp³-hybridized carbons (Fsp3) is 0.481. The first kappa shape index (κ1) is 24.0. The smallest absolute Gasteiger partial charge is 0.218 e. The van der Waals surface area contributed by atoms with Gasteiger partial charge in [-0.15, -0.1) is 0 Å². The Hall–Kier alpha value is -2.68. The number of aliphatic hydroxyl groups is 1. The average molecular weight is 434 g/mol.